The number of hydrogen-bond donors (Lipinski definition) is 1. The Morgan fingerprint density at radius 2 is 1.30 bits per heavy atom. The summed E-state index contributed by atoms with van der Waals surface area (Å²) in [6, 6.07) is 0. The number of aliphatic hydroxyl groups is 1. The van der Waals surface area contributed by atoms with Crippen molar-refractivity contribution in [3.8, 4) is 0 Å². The topological polar surface area (TPSA) is 54.4 Å². The van der Waals surface area contributed by atoms with Gasteiger partial charge in [-0.3, -0.25) is 9.59 Å². The van der Waals surface area contributed by atoms with Gasteiger partial charge in [-0.2, -0.15) is 0 Å². The number of Topliss-reactive ketones (excluding diaryl/α,β-unsaturated/α-hetero) is 1. The van der Waals surface area contributed by atoms with Crippen molar-refractivity contribution in [1.29, 1.82) is 0 Å². The minimum absolute atomic E-state index is 0.412. The third kappa shape index (κ3) is 9.67. The summed E-state index contributed by atoms with van der Waals surface area (Å²) in [7, 11) is 0. The van der Waals surface area contributed by atoms with E-state index >= 15 is 0 Å². The molecule has 0 spiro atoms. The van der Waals surface area contributed by atoms with Crippen molar-refractivity contribution >= 4 is 11.6 Å². The van der Waals surface area contributed by atoms with E-state index in [-0.39, 0.29) is 0 Å². The summed E-state index contributed by atoms with van der Waals surface area (Å²) in [4.78, 5) is 23.9. The summed E-state index contributed by atoms with van der Waals surface area (Å²) in [6.07, 6.45) is 8.35. The Hall–Kier alpha value is -1.90. The summed E-state index contributed by atoms with van der Waals surface area (Å²) < 4.78 is 0. The van der Waals surface area contributed by atoms with E-state index in [2.05, 4.69) is 6.08 Å². The predicted octanol–water partition coefficient (Wildman–Crippen LogP) is 5.40. The second-order valence-electron chi connectivity index (χ2n) is 6.45. The van der Waals surface area contributed by atoms with E-state index in [9.17, 15) is 14.7 Å². The van der Waals surface area contributed by atoms with E-state index in [1.165, 1.54) is 17.2 Å². The van der Waals surface area contributed by atoms with Crippen LogP contribution in [-0.4, -0.2) is 16.7 Å². The highest BCUT2D eigenvalue weighted by Gasteiger charge is 2.18. The normalized spacial score (nSPS) is 12.3. The number of rotatable bonds is 9. The quantitative estimate of drug-likeness (QED) is 0.268. The minimum atomic E-state index is -0.818. The summed E-state index contributed by atoms with van der Waals surface area (Å²) in [6.45, 7) is 11.5. The smallest absolute Gasteiger partial charge is 0.267 e. The molecule has 0 aliphatic rings. The zero-order chi connectivity index (χ0) is 18.0. The van der Waals surface area contributed by atoms with Crippen molar-refractivity contribution in [3.05, 3.63) is 46.3 Å². The fourth-order valence-corrected chi connectivity index (χ4v) is 1.96. The standard InChI is InChI=1S/C20H30O3/c1-14(2)9-7-11-16(5)13-18(21)20(23)19(22)17(6)12-8-10-15(3)4/h9-10,13,22H,7-8,11-12H2,1-6H3/b16-13+,19-17+. The minimum Gasteiger partial charge on any atom is -0.504 e. The molecule has 0 aromatic carbocycles. The average molecular weight is 318 g/mol. The number of ketones is 2. The van der Waals surface area contributed by atoms with Gasteiger partial charge in [0.05, 0.1) is 0 Å². The van der Waals surface area contributed by atoms with E-state index in [1.807, 2.05) is 40.7 Å². The predicted molar refractivity (Wildman–Crippen MR) is 96.4 cm³/mol. The van der Waals surface area contributed by atoms with Gasteiger partial charge in [0, 0.05) is 0 Å². The van der Waals surface area contributed by atoms with Gasteiger partial charge in [-0.1, -0.05) is 28.9 Å². The van der Waals surface area contributed by atoms with E-state index in [1.54, 1.807) is 6.92 Å². The monoisotopic (exact) mass is 318 g/mol. The van der Waals surface area contributed by atoms with E-state index in [0.717, 1.165) is 24.8 Å². The molecule has 3 nitrogen and oxygen atoms in total. The molecule has 0 heterocycles. The molecular formula is C20H30O3. The first-order valence-electron chi connectivity index (χ1n) is 8.06. The molecule has 0 amide bonds. The molecule has 0 aliphatic heterocycles. The maximum absolute atomic E-state index is 12.0. The molecule has 0 atom stereocenters. The Morgan fingerprint density at radius 3 is 1.78 bits per heavy atom. The van der Waals surface area contributed by atoms with Gasteiger partial charge in [-0.25, -0.2) is 0 Å². The van der Waals surface area contributed by atoms with Crippen LogP contribution in [0.2, 0.25) is 0 Å². The summed E-state index contributed by atoms with van der Waals surface area (Å²) in [5, 5.41) is 9.93. The van der Waals surface area contributed by atoms with Gasteiger partial charge >= 0.3 is 0 Å². The van der Waals surface area contributed by atoms with Crippen LogP contribution >= 0.6 is 0 Å². The number of carbonyl (C=O) groups is 2. The van der Waals surface area contributed by atoms with E-state index in [4.69, 9.17) is 0 Å². The third-order valence-corrected chi connectivity index (χ3v) is 3.38. The van der Waals surface area contributed by atoms with E-state index in [0.29, 0.717) is 12.0 Å². The van der Waals surface area contributed by atoms with Crippen molar-refractivity contribution in [1.82, 2.24) is 0 Å². The molecule has 0 saturated heterocycles. The lowest BCUT2D eigenvalue weighted by molar-refractivity contribution is -0.133. The van der Waals surface area contributed by atoms with Gasteiger partial charge in [0.1, 0.15) is 0 Å². The van der Waals surface area contributed by atoms with Crippen LogP contribution in [0.1, 0.15) is 67.2 Å². The summed E-state index contributed by atoms with van der Waals surface area (Å²) >= 11 is 0. The van der Waals surface area contributed by atoms with Crippen LogP contribution in [0.5, 0.6) is 0 Å². The Labute approximate surface area is 140 Å². The van der Waals surface area contributed by atoms with Crippen molar-refractivity contribution < 1.29 is 14.7 Å². The first kappa shape index (κ1) is 21.1. The van der Waals surface area contributed by atoms with Crippen molar-refractivity contribution in [2.75, 3.05) is 0 Å². The van der Waals surface area contributed by atoms with Gasteiger partial charge in [-0.05, 0) is 78.9 Å². The molecule has 0 radical (unpaired) electrons. The molecule has 0 fully saturated rings. The Morgan fingerprint density at radius 1 is 0.826 bits per heavy atom. The summed E-state index contributed by atoms with van der Waals surface area (Å²) in [5.41, 5.74) is 3.81. The maximum atomic E-state index is 12.0. The zero-order valence-corrected chi connectivity index (χ0v) is 15.3. The van der Waals surface area contributed by atoms with Gasteiger partial charge < -0.3 is 5.11 Å². The van der Waals surface area contributed by atoms with Crippen molar-refractivity contribution in [3.63, 3.8) is 0 Å². The summed E-state index contributed by atoms with van der Waals surface area (Å²) in [5.74, 6) is -1.88. The van der Waals surface area contributed by atoms with Crippen LogP contribution in [0.3, 0.4) is 0 Å². The molecule has 1 N–H and O–H groups in total. The first-order chi connectivity index (χ1) is 10.6. The molecule has 0 rings (SSSR count). The number of hydrogen-bond acceptors (Lipinski definition) is 3. The van der Waals surface area contributed by atoms with Crippen LogP contribution in [0.25, 0.3) is 0 Å². The van der Waals surface area contributed by atoms with Crippen LogP contribution in [0.15, 0.2) is 46.3 Å². The average Bonchev–Trinajstić information content (AvgIpc) is 2.44. The Kier molecular flexibility index (Phi) is 9.87. The van der Waals surface area contributed by atoms with Crippen molar-refractivity contribution in [2.24, 2.45) is 0 Å². The lowest BCUT2D eigenvalue weighted by Crippen LogP contribution is -2.15. The van der Waals surface area contributed by atoms with Crippen LogP contribution in [0, 0.1) is 0 Å². The zero-order valence-electron chi connectivity index (χ0n) is 15.3. The molecule has 23 heavy (non-hydrogen) atoms. The third-order valence-electron chi connectivity index (χ3n) is 3.38. The highest BCUT2D eigenvalue weighted by Crippen LogP contribution is 2.13. The largest absolute Gasteiger partial charge is 0.504 e. The van der Waals surface area contributed by atoms with E-state index < -0.39 is 17.3 Å². The molecule has 0 unspecified atom stereocenters. The van der Waals surface area contributed by atoms with Gasteiger partial charge in [0.2, 0.25) is 5.78 Å². The SMILES string of the molecule is CC(C)=CCC/C(C)=C/C(=O)C(=O)/C(O)=C(/C)CCC=C(C)C. The van der Waals surface area contributed by atoms with Gasteiger partial charge in [0.15, 0.2) is 5.76 Å². The Balaban J connectivity index is 4.76. The molecule has 0 bridgehead atoms. The fourth-order valence-electron chi connectivity index (χ4n) is 1.96. The maximum Gasteiger partial charge on any atom is 0.267 e. The first-order valence-corrected chi connectivity index (χ1v) is 8.06. The molecule has 128 valence electrons. The lowest BCUT2D eigenvalue weighted by atomic mass is 10.0. The van der Waals surface area contributed by atoms with Crippen LogP contribution < -0.4 is 0 Å². The highest BCUT2D eigenvalue weighted by molar-refractivity contribution is 6.46. The molecule has 0 aromatic rings. The van der Waals surface area contributed by atoms with Gasteiger partial charge in [0.25, 0.3) is 5.78 Å². The lowest BCUT2D eigenvalue weighted by Gasteiger charge is -2.04. The molecule has 0 aromatic heterocycles. The molecule has 3 heteroatoms. The highest BCUT2D eigenvalue weighted by atomic mass is 16.3. The van der Waals surface area contributed by atoms with Crippen LogP contribution in [-0.2, 0) is 9.59 Å². The fraction of sp³-hybridized carbons (Fsp3) is 0.500. The second kappa shape index (κ2) is 10.8. The molecular weight excluding hydrogens is 288 g/mol. The number of aliphatic hydroxyl groups excluding tert-OH is 1. The second-order valence-corrected chi connectivity index (χ2v) is 6.45. The van der Waals surface area contributed by atoms with Gasteiger partial charge in [-0.15, -0.1) is 0 Å². The molecule has 0 aliphatic carbocycles. The number of allylic oxidation sites excluding steroid dienone is 8. The van der Waals surface area contributed by atoms with Crippen LogP contribution in [0.4, 0.5) is 0 Å². The number of carbonyl (C=O) groups excluding carboxylic acids is 2. The molecule has 0 saturated carbocycles. The Bertz CT molecular complexity index is 549. The van der Waals surface area contributed by atoms with Crippen molar-refractivity contribution in [2.45, 2.75) is 67.2 Å².